The van der Waals surface area contributed by atoms with Crippen molar-refractivity contribution in [2.75, 3.05) is 6.61 Å². The van der Waals surface area contributed by atoms with Gasteiger partial charge in [0.05, 0.1) is 29.3 Å². The van der Waals surface area contributed by atoms with Crippen LogP contribution in [0.25, 0.3) is 0 Å². The van der Waals surface area contributed by atoms with Gasteiger partial charge < -0.3 is 20.1 Å². The zero-order chi connectivity index (χ0) is 29.4. The number of hydrogen-bond donors (Lipinski definition) is 3. The summed E-state index contributed by atoms with van der Waals surface area (Å²) < 4.78 is 22.8. The summed E-state index contributed by atoms with van der Waals surface area (Å²) in [6.45, 7) is 4.17. The number of aliphatic hydroxyl groups is 3. The van der Waals surface area contributed by atoms with Gasteiger partial charge in [-0.25, -0.2) is 4.39 Å². The Morgan fingerprint density at radius 1 is 1.23 bits per heavy atom. The zero-order valence-corrected chi connectivity index (χ0v) is 23.2. The number of Topliss-reactive ketones (excluding diaryl/α,β-unsaturated/α-hetero) is 1. The minimum absolute atomic E-state index is 0.0606. The molecule has 1 aromatic carbocycles. The number of aliphatic hydroxyl groups excluding tert-OH is 2. The highest BCUT2D eigenvalue weighted by molar-refractivity contribution is 6.30. The maximum absolute atomic E-state index is 17.4. The van der Waals surface area contributed by atoms with Crippen LogP contribution in [-0.4, -0.2) is 61.9 Å². The Morgan fingerprint density at radius 3 is 2.60 bits per heavy atom. The zero-order valence-electron chi connectivity index (χ0n) is 22.5. The molecular formula is C29H33ClFNO8. The molecule has 9 nitrogen and oxygen atoms in total. The van der Waals surface area contributed by atoms with Crippen LogP contribution in [0.3, 0.4) is 0 Å². The van der Waals surface area contributed by atoms with Crippen molar-refractivity contribution < 1.29 is 39.0 Å². The summed E-state index contributed by atoms with van der Waals surface area (Å²) in [6, 6.07) is 4.02. The number of hydrogen-bond acceptors (Lipinski definition) is 8. The topological polar surface area (TPSA) is 147 Å². The predicted octanol–water partition coefficient (Wildman–Crippen LogP) is 3.65. The van der Waals surface area contributed by atoms with Gasteiger partial charge in [-0.3, -0.25) is 19.7 Å². The fraction of sp³-hybridized carbons (Fsp3) is 0.586. The number of alkyl halides is 1. The van der Waals surface area contributed by atoms with Crippen molar-refractivity contribution in [3.63, 3.8) is 0 Å². The number of ketones is 2. The summed E-state index contributed by atoms with van der Waals surface area (Å²) in [6.07, 6.45) is 1.04. The van der Waals surface area contributed by atoms with Crippen LogP contribution in [0.5, 0.6) is 0 Å². The highest BCUT2D eigenvalue weighted by Crippen LogP contribution is 2.70. The van der Waals surface area contributed by atoms with E-state index in [0.29, 0.717) is 5.57 Å². The third-order valence-corrected chi connectivity index (χ3v) is 10.6. The van der Waals surface area contributed by atoms with E-state index in [2.05, 4.69) is 0 Å². The first-order valence-corrected chi connectivity index (χ1v) is 13.8. The Bertz CT molecular complexity index is 1350. The number of ether oxygens (including phenoxy) is 1. The molecule has 40 heavy (non-hydrogen) atoms. The monoisotopic (exact) mass is 577 g/mol. The molecule has 3 N–H and O–H groups in total. The predicted molar refractivity (Wildman–Crippen MR) is 142 cm³/mol. The van der Waals surface area contributed by atoms with E-state index >= 15 is 4.39 Å². The fourth-order valence-electron chi connectivity index (χ4n) is 8.31. The third-order valence-electron chi connectivity index (χ3n) is 10.3. The van der Waals surface area contributed by atoms with Gasteiger partial charge in [0, 0.05) is 27.8 Å². The summed E-state index contributed by atoms with van der Waals surface area (Å²) in [4.78, 5) is 36.4. The number of benzene rings is 1. The van der Waals surface area contributed by atoms with Crippen molar-refractivity contribution in [3.8, 4) is 0 Å². The second kappa shape index (κ2) is 9.52. The number of carbonyl (C=O) groups is 2. The molecule has 0 heterocycles. The van der Waals surface area contributed by atoms with Crippen LogP contribution in [0, 0.1) is 38.7 Å². The number of nitro benzene ring substituents is 1. The van der Waals surface area contributed by atoms with Gasteiger partial charge in [0.2, 0.25) is 0 Å². The summed E-state index contributed by atoms with van der Waals surface area (Å²) in [5, 5.41) is 45.9. The minimum Gasteiger partial charge on any atom is -0.390 e. The first kappa shape index (κ1) is 29.0. The first-order valence-electron chi connectivity index (χ1n) is 13.4. The molecule has 5 rings (SSSR count). The summed E-state index contributed by atoms with van der Waals surface area (Å²) in [7, 11) is 0. The van der Waals surface area contributed by atoms with Gasteiger partial charge in [-0.1, -0.05) is 37.1 Å². The number of halogens is 2. The van der Waals surface area contributed by atoms with Crippen LogP contribution < -0.4 is 0 Å². The maximum Gasteiger partial charge on any atom is 0.276 e. The van der Waals surface area contributed by atoms with Gasteiger partial charge in [-0.05, 0) is 62.3 Å². The van der Waals surface area contributed by atoms with E-state index in [9.17, 15) is 35.0 Å². The van der Waals surface area contributed by atoms with E-state index in [-0.39, 0.29) is 53.8 Å². The highest BCUT2D eigenvalue weighted by atomic mass is 35.5. The second-order valence-electron chi connectivity index (χ2n) is 12.3. The molecule has 0 aliphatic heterocycles. The Hall–Kier alpha value is -2.50. The molecular weight excluding hydrogens is 545 g/mol. The molecule has 3 saturated carbocycles. The van der Waals surface area contributed by atoms with Gasteiger partial charge in [0.15, 0.2) is 22.8 Å². The highest BCUT2D eigenvalue weighted by Gasteiger charge is 2.76. The minimum atomic E-state index is -2.34. The van der Waals surface area contributed by atoms with E-state index in [1.54, 1.807) is 13.8 Å². The molecule has 0 amide bonds. The number of nitrogens with zero attached hydrogens (tertiary/aromatic N) is 1. The standard InChI is InChI=1S/C29H33ClFNO8/c1-15-8-21-20-11-23(34)29(37,25(36)14-40-13-16-4-5-17(30)9-22(16)32(38)39)27(20,3)12-24(35)28(21,31)26(2)7-6-18(33)10-19(15)26/h4-7,9-10,15,20-21,23-24,34-35,37H,8,11-14H2,1-3H3/t15-,20-,21-,23?,24-,26-,27-,28-,29-/m0/s1. The Balaban J connectivity index is 1.42. The van der Waals surface area contributed by atoms with Gasteiger partial charge in [-0.2, -0.15) is 0 Å². The number of nitro groups is 1. The molecule has 11 heteroatoms. The fourth-order valence-corrected chi connectivity index (χ4v) is 8.48. The SMILES string of the molecule is C[C@H]1C[C@H]2[C@@H]3CC(O)[C@](O)(C(=O)COCc4ccc(Cl)cc4[N+](=O)[O-])[C@@]3(C)C[C@H](O)[C@]2(F)[C@@]2(C)C=CC(=O)C=C12. The number of fused-ring (bicyclic) bond motifs is 5. The van der Waals surface area contributed by atoms with Gasteiger partial charge in [0.1, 0.15) is 6.61 Å². The molecule has 0 aromatic heterocycles. The molecule has 0 bridgehead atoms. The molecule has 0 radical (unpaired) electrons. The van der Waals surface area contributed by atoms with Crippen LogP contribution in [0.1, 0.15) is 45.6 Å². The van der Waals surface area contributed by atoms with Crippen LogP contribution in [0.15, 0.2) is 42.0 Å². The van der Waals surface area contributed by atoms with Crippen molar-refractivity contribution >= 4 is 28.9 Å². The molecule has 3 fully saturated rings. The average molecular weight is 578 g/mol. The first-order chi connectivity index (χ1) is 18.6. The average Bonchev–Trinajstić information content (AvgIpc) is 3.09. The molecule has 4 aliphatic rings. The van der Waals surface area contributed by atoms with Crippen molar-refractivity contribution in [1.29, 1.82) is 0 Å². The molecule has 216 valence electrons. The maximum atomic E-state index is 17.4. The van der Waals surface area contributed by atoms with Crippen molar-refractivity contribution in [1.82, 2.24) is 0 Å². The third kappa shape index (κ3) is 3.80. The van der Waals surface area contributed by atoms with Crippen molar-refractivity contribution in [3.05, 3.63) is 62.7 Å². The molecule has 9 atom stereocenters. The Labute approximate surface area is 235 Å². The van der Waals surface area contributed by atoms with Crippen molar-refractivity contribution in [2.45, 2.75) is 70.1 Å². The number of carbonyl (C=O) groups excluding carboxylic acids is 2. The van der Waals surface area contributed by atoms with E-state index in [0.717, 1.165) is 6.07 Å². The largest absolute Gasteiger partial charge is 0.390 e. The molecule has 0 spiro atoms. The second-order valence-corrected chi connectivity index (χ2v) is 12.7. The van der Waals surface area contributed by atoms with E-state index in [4.69, 9.17) is 16.3 Å². The van der Waals surface area contributed by atoms with E-state index in [1.165, 1.54) is 30.4 Å². The lowest BCUT2D eigenvalue weighted by molar-refractivity contribution is -0.385. The quantitative estimate of drug-likeness (QED) is 0.343. The van der Waals surface area contributed by atoms with Gasteiger partial charge in [0.25, 0.3) is 5.69 Å². The molecule has 4 aliphatic carbocycles. The Kier molecular flexibility index (Phi) is 6.91. The lowest BCUT2D eigenvalue weighted by Crippen LogP contribution is -2.70. The van der Waals surface area contributed by atoms with Gasteiger partial charge >= 0.3 is 0 Å². The smallest absolute Gasteiger partial charge is 0.276 e. The van der Waals surface area contributed by atoms with Crippen molar-refractivity contribution in [2.24, 2.45) is 28.6 Å². The summed E-state index contributed by atoms with van der Waals surface area (Å²) in [5.74, 6) is -2.77. The Morgan fingerprint density at radius 2 is 1.93 bits per heavy atom. The van der Waals surface area contributed by atoms with E-state index in [1.807, 2.05) is 6.92 Å². The lowest BCUT2D eigenvalue weighted by Gasteiger charge is -2.63. The normalized spacial score (nSPS) is 42.0. The summed E-state index contributed by atoms with van der Waals surface area (Å²) in [5.41, 5.74) is -6.69. The van der Waals surface area contributed by atoms with Crippen LogP contribution in [0.2, 0.25) is 5.02 Å². The van der Waals surface area contributed by atoms with Crippen LogP contribution >= 0.6 is 11.6 Å². The molecule has 0 saturated heterocycles. The molecule has 1 unspecified atom stereocenters. The van der Waals surface area contributed by atoms with Gasteiger partial charge in [-0.15, -0.1) is 0 Å². The van der Waals surface area contributed by atoms with E-state index < -0.39 is 63.5 Å². The number of rotatable bonds is 6. The van der Waals surface area contributed by atoms with Crippen LogP contribution in [0.4, 0.5) is 10.1 Å². The summed E-state index contributed by atoms with van der Waals surface area (Å²) >= 11 is 5.85. The number of allylic oxidation sites excluding steroid dienone is 4. The lowest BCUT2D eigenvalue weighted by atomic mass is 9.43. The molecule has 1 aromatic rings. The van der Waals surface area contributed by atoms with Crippen LogP contribution in [-0.2, 0) is 20.9 Å².